The van der Waals surface area contributed by atoms with Gasteiger partial charge in [0.1, 0.15) is 5.82 Å². The monoisotopic (exact) mass is 516 g/mol. The zero-order chi connectivity index (χ0) is 25.2. The number of rotatable bonds is 5. The average molecular weight is 517 g/mol. The number of amides is 2. The summed E-state index contributed by atoms with van der Waals surface area (Å²) >= 11 is 7.79. The van der Waals surface area contributed by atoms with E-state index in [1.165, 1.54) is 23.9 Å². The van der Waals surface area contributed by atoms with Crippen molar-refractivity contribution in [3.63, 3.8) is 0 Å². The third-order valence-corrected chi connectivity index (χ3v) is 7.58. The number of halogens is 2. The summed E-state index contributed by atoms with van der Waals surface area (Å²) in [5.41, 5.74) is 3.19. The van der Waals surface area contributed by atoms with Gasteiger partial charge in [0.05, 0.1) is 23.8 Å². The molecule has 0 radical (unpaired) electrons. The van der Waals surface area contributed by atoms with E-state index in [-0.39, 0.29) is 29.4 Å². The number of anilines is 1. The van der Waals surface area contributed by atoms with Crippen LogP contribution >= 0.6 is 23.4 Å². The van der Waals surface area contributed by atoms with E-state index in [0.717, 1.165) is 15.4 Å². The van der Waals surface area contributed by atoms with Crippen molar-refractivity contribution in [1.82, 2.24) is 5.32 Å². The number of fused-ring (bicyclic) bond motifs is 2. The third-order valence-electron chi connectivity index (χ3n) is 6.09. The molecule has 7 heteroatoms. The Kier molecular flexibility index (Phi) is 6.81. The lowest BCUT2D eigenvalue weighted by molar-refractivity contribution is 0.0937. The molecule has 0 bridgehead atoms. The van der Waals surface area contributed by atoms with Gasteiger partial charge in [0.15, 0.2) is 0 Å². The van der Waals surface area contributed by atoms with E-state index >= 15 is 0 Å². The summed E-state index contributed by atoms with van der Waals surface area (Å²) in [4.78, 5) is 30.2. The van der Waals surface area contributed by atoms with Crippen LogP contribution in [0, 0.1) is 5.82 Å². The van der Waals surface area contributed by atoms with Crippen LogP contribution in [0.4, 0.5) is 10.1 Å². The lowest BCUT2D eigenvalue weighted by Gasteiger charge is -2.24. The summed E-state index contributed by atoms with van der Waals surface area (Å²) in [5.74, 6) is -0.903. The van der Waals surface area contributed by atoms with Gasteiger partial charge in [0, 0.05) is 20.4 Å². The highest BCUT2D eigenvalue weighted by molar-refractivity contribution is 7.99. The molecule has 0 saturated carbocycles. The van der Waals surface area contributed by atoms with Gasteiger partial charge in [0.2, 0.25) is 0 Å². The second-order valence-electron chi connectivity index (χ2n) is 8.51. The fraction of sp³-hybridized carbons (Fsp3) is 0.103. The first kappa shape index (κ1) is 24.1. The minimum absolute atomic E-state index is 0.130. The summed E-state index contributed by atoms with van der Waals surface area (Å²) in [6.07, 6.45) is 0. The molecule has 1 heterocycles. The van der Waals surface area contributed by atoms with Gasteiger partial charge in [0.25, 0.3) is 11.8 Å². The summed E-state index contributed by atoms with van der Waals surface area (Å²) in [5, 5.41) is 3.27. The highest BCUT2D eigenvalue weighted by atomic mass is 35.5. The van der Waals surface area contributed by atoms with Gasteiger partial charge in [-0.2, -0.15) is 0 Å². The quantitative estimate of drug-likeness (QED) is 0.303. The van der Waals surface area contributed by atoms with Crippen LogP contribution in [0.25, 0.3) is 0 Å². The Morgan fingerprint density at radius 2 is 1.72 bits per heavy atom. The number of hydrogen-bond acceptors (Lipinski definition) is 3. The van der Waals surface area contributed by atoms with Crippen LogP contribution in [-0.4, -0.2) is 11.8 Å². The Bertz CT molecular complexity index is 1460. The Balaban J connectivity index is 1.53. The number of nitrogens with one attached hydrogen (secondary N) is 1. The van der Waals surface area contributed by atoms with Gasteiger partial charge in [-0.05, 0) is 60.5 Å². The number of carbonyl (C=O) groups excluding carboxylic acids is 2. The van der Waals surface area contributed by atoms with Crippen molar-refractivity contribution in [1.29, 1.82) is 0 Å². The van der Waals surface area contributed by atoms with E-state index in [2.05, 4.69) is 5.32 Å². The number of benzene rings is 4. The highest BCUT2D eigenvalue weighted by Gasteiger charge is 2.29. The molecule has 0 fully saturated rings. The largest absolute Gasteiger partial charge is 0.346 e. The number of carbonyl (C=O) groups is 2. The Morgan fingerprint density at radius 1 is 0.972 bits per heavy atom. The molecule has 0 spiro atoms. The lowest BCUT2D eigenvalue weighted by Crippen LogP contribution is -2.31. The number of nitrogens with zero attached hydrogens (tertiary/aromatic N) is 1. The van der Waals surface area contributed by atoms with Crippen molar-refractivity contribution in [2.24, 2.45) is 0 Å². The molecule has 4 nitrogen and oxygen atoms in total. The molecule has 0 aromatic heterocycles. The van der Waals surface area contributed by atoms with E-state index in [0.29, 0.717) is 22.4 Å². The zero-order valence-electron chi connectivity index (χ0n) is 19.4. The van der Waals surface area contributed by atoms with Gasteiger partial charge in [-0.3, -0.25) is 9.59 Å². The molecule has 1 aliphatic heterocycles. The SMILES string of the molecule is CC(NC(=O)c1ccc2c(c1)N(Cc1ccc(F)cc1Cl)C(=O)c1ccccc1S2)c1ccccc1. The van der Waals surface area contributed by atoms with Gasteiger partial charge in [-0.15, -0.1) is 0 Å². The van der Waals surface area contributed by atoms with E-state index in [1.807, 2.05) is 61.5 Å². The molecule has 0 aliphatic carbocycles. The first-order valence-corrected chi connectivity index (χ1v) is 12.6. The van der Waals surface area contributed by atoms with Crippen molar-refractivity contribution in [2.45, 2.75) is 29.3 Å². The molecule has 2 amide bonds. The standard InChI is InChI=1S/C29H22ClFN2O2S/c1-18(19-7-3-2-4-8-19)32-28(34)20-12-14-27-25(15-20)33(17-21-11-13-22(31)16-24(21)30)29(35)23-9-5-6-10-26(23)36-27/h2-16,18H,17H2,1H3,(H,32,34). The maximum atomic E-state index is 13.7. The molecule has 180 valence electrons. The van der Waals surface area contributed by atoms with Crippen LogP contribution in [0.5, 0.6) is 0 Å². The van der Waals surface area contributed by atoms with Gasteiger partial charge in [-0.1, -0.05) is 71.9 Å². The summed E-state index contributed by atoms with van der Waals surface area (Å²) in [6.45, 7) is 2.06. The van der Waals surface area contributed by atoms with Crippen LogP contribution in [0.1, 0.15) is 44.8 Å². The fourth-order valence-corrected chi connectivity index (χ4v) is 5.43. The highest BCUT2D eigenvalue weighted by Crippen LogP contribution is 2.42. The minimum atomic E-state index is -0.446. The first-order chi connectivity index (χ1) is 17.4. The zero-order valence-corrected chi connectivity index (χ0v) is 20.9. The normalized spacial score (nSPS) is 13.4. The third kappa shape index (κ3) is 4.87. The Hall–Kier alpha value is -3.61. The smallest absolute Gasteiger partial charge is 0.259 e. The van der Waals surface area contributed by atoms with Crippen molar-refractivity contribution in [3.05, 3.63) is 124 Å². The van der Waals surface area contributed by atoms with Crippen molar-refractivity contribution < 1.29 is 14.0 Å². The fourth-order valence-electron chi connectivity index (χ4n) is 4.14. The van der Waals surface area contributed by atoms with Crippen LogP contribution in [0.15, 0.2) is 101 Å². The van der Waals surface area contributed by atoms with Crippen molar-refractivity contribution in [2.75, 3.05) is 4.90 Å². The van der Waals surface area contributed by atoms with E-state index in [9.17, 15) is 14.0 Å². The van der Waals surface area contributed by atoms with Gasteiger partial charge < -0.3 is 10.2 Å². The second-order valence-corrected chi connectivity index (χ2v) is 10.0. The molecule has 36 heavy (non-hydrogen) atoms. The summed E-state index contributed by atoms with van der Waals surface area (Å²) in [6, 6.07) is 26.4. The Morgan fingerprint density at radius 3 is 2.50 bits per heavy atom. The second kappa shape index (κ2) is 10.2. The van der Waals surface area contributed by atoms with Crippen molar-refractivity contribution in [3.8, 4) is 0 Å². The van der Waals surface area contributed by atoms with E-state index in [1.54, 1.807) is 29.2 Å². The van der Waals surface area contributed by atoms with E-state index < -0.39 is 5.82 Å². The molecule has 1 N–H and O–H groups in total. The molecule has 5 rings (SSSR count). The van der Waals surface area contributed by atoms with Crippen LogP contribution in [0.3, 0.4) is 0 Å². The summed E-state index contributed by atoms with van der Waals surface area (Å²) < 4.78 is 13.7. The molecular formula is C29H22ClFN2O2S. The number of hydrogen-bond donors (Lipinski definition) is 1. The predicted molar refractivity (Wildman–Crippen MR) is 141 cm³/mol. The predicted octanol–water partition coefficient (Wildman–Crippen LogP) is 7.28. The minimum Gasteiger partial charge on any atom is -0.346 e. The van der Waals surface area contributed by atoms with E-state index in [4.69, 9.17) is 11.6 Å². The molecule has 4 aromatic rings. The van der Waals surface area contributed by atoms with Gasteiger partial charge >= 0.3 is 0 Å². The molecule has 1 unspecified atom stereocenters. The first-order valence-electron chi connectivity index (χ1n) is 11.4. The van der Waals surface area contributed by atoms with Crippen LogP contribution in [-0.2, 0) is 6.54 Å². The van der Waals surface area contributed by atoms with Gasteiger partial charge in [-0.25, -0.2) is 4.39 Å². The Labute approximate surface area is 218 Å². The topological polar surface area (TPSA) is 49.4 Å². The van der Waals surface area contributed by atoms with Crippen LogP contribution in [0.2, 0.25) is 5.02 Å². The lowest BCUT2D eigenvalue weighted by atomic mass is 10.1. The molecular weight excluding hydrogens is 495 g/mol. The molecule has 0 saturated heterocycles. The molecule has 4 aromatic carbocycles. The maximum Gasteiger partial charge on any atom is 0.259 e. The van der Waals surface area contributed by atoms with Crippen LogP contribution < -0.4 is 10.2 Å². The molecule has 1 atom stereocenters. The molecule has 1 aliphatic rings. The summed E-state index contributed by atoms with van der Waals surface area (Å²) in [7, 11) is 0. The average Bonchev–Trinajstić information content (AvgIpc) is 3.00. The van der Waals surface area contributed by atoms with Crippen molar-refractivity contribution >= 4 is 40.9 Å². The maximum absolute atomic E-state index is 13.7.